The van der Waals surface area contributed by atoms with E-state index in [1.807, 2.05) is 30.3 Å². The molecule has 21 heavy (non-hydrogen) atoms. The zero-order valence-corrected chi connectivity index (χ0v) is 13.1. The van der Waals surface area contributed by atoms with Crippen LogP contribution >= 0.6 is 12.2 Å². The summed E-state index contributed by atoms with van der Waals surface area (Å²) in [7, 11) is 0. The number of carbonyl (C=O) groups excluding carboxylic acids is 1. The van der Waals surface area contributed by atoms with Gasteiger partial charge < -0.3 is 15.7 Å². The molecule has 1 aliphatic carbocycles. The highest BCUT2D eigenvalue weighted by Crippen LogP contribution is 2.47. The first kappa shape index (κ1) is 15.9. The number of carbonyl (C=O) groups is 1. The fourth-order valence-electron chi connectivity index (χ4n) is 3.09. The van der Waals surface area contributed by atoms with Crippen LogP contribution in [0.5, 0.6) is 0 Å². The molecule has 1 aliphatic rings. The minimum absolute atomic E-state index is 0.0500. The first-order chi connectivity index (χ1) is 9.99. The SMILES string of the molecule is CC1CC(C(=O)N(CCO)Cc2ccccc2)(C(N)=S)C1. The van der Waals surface area contributed by atoms with Crippen LogP contribution in [0.4, 0.5) is 0 Å². The van der Waals surface area contributed by atoms with Crippen molar-refractivity contribution in [2.75, 3.05) is 13.2 Å². The van der Waals surface area contributed by atoms with Crippen molar-refractivity contribution >= 4 is 23.1 Å². The number of rotatable bonds is 6. The van der Waals surface area contributed by atoms with E-state index in [4.69, 9.17) is 18.0 Å². The summed E-state index contributed by atoms with van der Waals surface area (Å²) in [6.07, 6.45) is 1.41. The monoisotopic (exact) mass is 306 g/mol. The van der Waals surface area contributed by atoms with Crippen LogP contribution in [0.15, 0.2) is 30.3 Å². The Balaban J connectivity index is 2.17. The summed E-state index contributed by atoms with van der Waals surface area (Å²) in [4.78, 5) is 14.8. The van der Waals surface area contributed by atoms with Crippen molar-refractivity contribution < 1.29 is 9.90 Å². The minimum Gasteiger partial charge on any atom is -0.395 e. The lowest BCUT2D eigenvalue weighted by Gasteiger charge is -2.46. The van der Waals surface area contributed by atoms with E-state index in [2.05, 4.69) is 6.92 Å². The third kappa shape index (κ3) is 3.24. The molecule has 5 heteroatoms. The molecule has 1 saturated carbocycles. The van der Waals surface area contributed by atoms with E-state index in [9.17, 15) is 9.90 Å². The molecule has 0 radical (unpaired) electrons. The molecule has 2 rings (SSSR count). The number of hydrogen-bond donors (Lipinski definition) is 2. The molecule has 0 aromatic heterocycles. The zero-order valence-electron chi connectivity index (χ0n) is 12.3. The Hall–Kier alpha value is -1.46. The molecular formula is C16H22N2O2S. The van der Waals surface area contributed by atoms with E-state index in [1.54, 1.807) is 4.90 Å². The Morgan fingerprint density at radius 1 is 1.43 bits per heavy atom. The molecule has 0 saturated heterocycles. The average molecular weight is 306 g/mol. The number of nitrogens with two attached hydrogens (primary N) is 1. The maximum atomic E-state index is 12.9. The molecule has 0 aliphatic heterocycles. The lowest BCUT2D eigenvalue weighted by atomic mass is 9.61. The standard InChI is InChI=1S/C16H22N2O2S/c1-12-9-16(10-12,14(17)21)15(20)18(7-8-19)11-13-5-3-2-4-6-13/h2-6,12,19H,7-11H2,1H3,(H2,17,21). The Morgan fingerprint density at radius 2 is 2.05 bits per heavy atom. The Bertz CT molecular complexity index is 512. The smallest absolute Gasteiger partial charge is 0.236 e. The van der Waals surface area contributed by atoms with Crippen LogP contribution in [0.25, 0.3) is 0 Å². The van der Waals surface area contributed by atoms with Crippen molar-refractivity contribution in [1.82, 2.24) is 4.90 Å². The van der Waals surface area contributed by atoms with Gasteiger partial charge in [-0.3, -0.25) is 4.79 Å². The first-order valence-corrected chi connectivity index (χ1v) is 7.64. The number of aliphatic hydroxyl groups excluding tert-OH is 1. The van der Waals surface area contributed by atoms with E-state index >= 15 is 0 Å². The molecule has 1 aromatic rings. The molecule has 1 aromatic carbocycles. The van der Waals surface area contributed by atoms with Crippen LogP contribution in [0.2, 0.25) is 0 Å². The quantitative estimate of drug-likeness (QED) is 0.785. The van der Waals surface area contributed by atoms with Crippen LogP contribution in [-0.2, 0) is 11.3 Å². The van der Waals surface area contributed by atoms with Crippen molar-refractivity contribution in [1.29, 1.82) is 0 Å². The highest BCUT2D eigenvalue weighted by molar-refractivity contribution is 7.80. The second kappa shape index (κ2) is 6.54. The van der Waals surface area contributed by atoms with Gasteiger partial charge in [-0.15, -0.1) is 0 Å². The highest BCUT2D eigenvalue weighted by Gasteiger charge is 2.52. The van der Waals surface area contributed by atoms with Crippen LogP contribution < -0.4 is 5.73 Å². The molecule has 0 atom stereocenters. The third-order valence-electron chi connectivity index (χ3n) is 4.15. The van der Waals surface area contributed by atoms with Crippen molar-refractivity contribution in [2.45, 2.75) is 26.3 Å². The van der Waals surface area contributed by atoms with Gasteiger partial charge in [0.25, 0.3) is 0 Å². The molecule has 0 spiro atoms. The molecule has 114 valence electrons. The van der Waals surface area contributed by atoms with Gasteiger partial charge in [-0.1, -0.05) is 49.5 Å². The molecule has 4 nitrogen and oxygen atoms in total. The van der Waals surface area contributed by atoms with E-state index in [0.29, 0.717) is 31.8 Å². The van der Waals surface area contributed by atoms with Crippen LogP contribution in [0.3, 0.4) is 0 Å². The Kier molecular flexibility index (Phi) is 4.96. The topological polar surface area (TPSA) is 66.6 Å². The minimum atomic E-state index is -0.710. The summed E-state index contributed by atoms with van der Waals surface area (Å²) in [5.41, 5.74) is 6.17. The lowest BCUT2D eigenvalue weighted by molar-refractivity contribution is -0.145. The Labute approximate surface area is 130 Å². The number of thiocarbonyl (C=S) groups is 1. The fourth-order valence-corrected chi connectivity index (χ4v) is 3.34. The Morgan fingerprint density at radius 3 is 2.52 bits per heavy atom. The van der Waals surface area contributed by atoms with Gasteiger partial charge in [0, 0.05) is 13.1 Å². The van der Waals surface area contributed by atoms with Gasteiger partial charge in [0.2, 0.25) is 5.91 Å². The van der Waals surface area contributed by atoms with E-state index in [1.165, 1.54) is 0 Å². The predicted octanol–water partition coefficient (Wildman–Crippen LogP) is 1.71. The summed E-state index contributed by atoms with van der Waals surface area (Å²) < 4.78 is 0. The number of aliphatic hydroxyl groups is 1. The number of nitrogens with zero attached hydrogens (tertiary/aromatic N) is 1. The van der Waals surface area contributed by atoms with E-state index in [0.717, 1.165) is 5.56 Å². The summed E-state index contributed by atoms with van der Waals surface area (Å²) in [5.74, 6) is 0.411. The molecule has 1 amide bonds. The van der Waals surface area contributed by atoms with Crippen LogP contribution in [0, 0.1) is 11.3 Å². The molecule has 1 fully saturated rings. The maximum Gasteiger partial charge on any atom is 0.236 e. The third-order valence-corrected chi connectivity index (χ3v) is 4.54. The van der Waals surface area contributed by atoms with Crippen molar-refractivity contribution in [3.05, 3.63) is 35.9 Å². The maximum absolute atomic E-state index is 12.9. The van der Waals surface area contributed by atoms with Crippen LogP contribution in [0.1, 0.15) is 25.3 Å². The van der Waals surface area contributed by atoms with Crippen molar-refractivity contribution in [2.24, 2.45) is 17.1 Å². The molecule has 0 unspecified atom stereocenters. The normalized spacial score (nSPS) is 24.2. The van der Waals surface area contributed by atoms with Gasteiger partial charge in [0.05, 0.1) is 17.0 Å². The number of amides is 1. The predicted molar refractivity (Wildman–Crippen MR) is 86.6 cm³/mol. The summed E-state index contributed by atoms with van der Waals surface area (Å²) in [6.45, 7) is 2.80. The second-order valence-electron chi connectivity index (χ2n) is 5.90. The summed E-state index contributed by atoms with van der Waals surface area (Å²) in [6, 6.07) is 9.74. The zero-order chi connectivity index (χ0) is 15.5. The van der Waals surface area contributed by atoms with Gasteiger partial charge in [-0.05, 0) is 24.3 Å². The molecule has 3 N–H and O–H groups in total. The largest absolute Gasteiger partial charge is 0.395 e. The number of hydrogen-bond acceptors (Lipinski definition) is 3. The number of benzene rings is 1. The van der Waals surface area contributed by atoms with Gasteiger partial charge in [0.15, 0.2) is 0 Å². The summed E-state index contributed by atoms with van der Waals surface area (Å²) >= 11 is 5.15. The molecule has 0 heterocycles. The van der Waals surface area contributed by atoms with Gasteiger partial charge in [0.1, 0.15) is 0 Å². The van der Waals surface area contributed by atoms with Crippen LogP contribution in [-0.4, -0.2) is 34.1 Å². The van der Waals surface area contributed by atoms with Crippen molar-refractivity contribution in [3.63, 3.8) is 0 Å². The van der Waals surface area contributed by atoms with Gasteiger partial charge >= 0.3 is 0 Å². The van der Waals surface area contributed by atoms with E-state index < -0.39 is 5.41 Å². The lowest BCUT2D eigenvalue weighted by Crippen LogP contribution is -2.57. The highest BCUT2D eigenvalue weighted by atomic mass is 32.1. The molecular weight excluding hydrogens is 284 g/mol. The van der Waals surface area contributed by atoms with Crippen molar-refractivity contribution in [3.8, 4) is 0 Å². The van der Waals surface area contributed by atoms with Gasteiger partial charge in [-0.25, -0.2) is 0 Å². The molecule has 0 bridgehead atoms. The van der Waals surface area contributed by atoms with E-state index in [-0.39, 0.29) is 17.5 Å². The second-order valence-corrected chi connectivity index (χ2v) is 6.34. The average Bonchev–Trinajstić information content (AvgIpc) is 2.43. The summed E-state index contributed by atoms with van der Waals surface area (Å²) in [5, 5.41) is 9.25. The van der Waals surface area contributed by atoms with Gasteiger partial charge in [-0.2, -0.15) is 0 Å². The first-order valence-electron chi connectivity index (χ1n) is 7.23. The fraction of sp³-hybridized carbons (Fsp3) is 0.500.